The smallest absolute Gasteiger partial charge is 0.0970 e. The van der Waals surface area contributed by atoms with Crippen LogP contribution in [0.4, 0.5) is 0 Å². The third-order valence-electron chi connectivity index (χ3n) is 1.72. The fourth-order valence-electron chi connectivity index (χ4n) is 0.782. The summed E-state index contributed by atoms with van der Waals surface area (Å²) in [4.78, 5) is 4.20. The number of nitrogens with zero attached hydrogens (tertiary/aromatic N) is 1. The normalized spacial score (nSPS) is 13.8. The molecule has 0 spiro atoms. The molecule has 0 aliphatic heterocycles. The quantitative estimate of drug-likeness (QED) is 0.401. The van der Waals surface area contributed by atoms with Crippen LogP contribution in [-0.2, 0) is 0 Å². The Labute approximate surface area is 81.5 Å². The van der Waals surface area contributed by atoms with E-state index in [1.807, 2.05) is 26.1 Å². The molecule has 0 aromatic carbocycles. The lowest BCUT2D eigenvalue weighted by Gasteiger charge is -1.96. The Kier molecular flexibility index (Phi) is 6.98. The van der Waals surface area contributed by atoms with Gasteiger partial charge in [0.05, 0.1) is 5.84 Å². The van der Waals surface area contributed by atoms with E-state index in [0.717, 1.165) is 18.8 Å². The Morgan fingerprint density at radius 1 is 1.31 bits per heavy atom. The Morgan fingerprint density at radius 3 is 2.54 bits per heavy atom. The van der Waals surface area contributed by atoms with E-state index in [0.29, 0.717) is 0 Å². The highest BCUT2D eigenvalue weighted by Gasteiger charge is 1.81. The van der Waals surface area contributed by atoms with Crippen LogP contribution in [0.3, 0.4) is 0 Å². The molecule has 0 aromatic rings. The summed E-state index contributed by atoms with van der Waals surface area (Å²) in [7, 11) is 0. The molecule has 0 fully saturated rings. The number of aliphatic imine (C=N–C) groups is 1. The Bertz CT molecular complexity index is 212. The zero-order valence-corrected chi connectivity index (χ0v) is 9.09. The first-order chi connectivity index (χ1) is 6.20. The van der Waals surface area contributed by atoms with Gasteiger partial charge in [-0.25, -0.2) is 0 Å². The van der Waals surface area contributed by atoms with Crippen LogP contribution in [0.2, 0.25) is 0 Å². The van der Waals surface area contributed by atoms with E-state index in [2.05, 4.69) is 30.2 Å². The van der Waals surface area contributed by atoms with Crippen LogP contribution >= 0.6 is 0 Å². The Morgan fingerprint density at radius 2 is 2.00 bits per heavy atom. The fraction of sp³-hybridized carbons (Fsp3) is 0.545. The molecule has 0 aliphatic carbocycles. The van der Waals surface area contributed by atoms with Crippen molar-refractivity contribution in [2.75, 3.05) is 6.54 Å². The first kappa shape index (κ1) is 11.9. The maximum Gasteiger partial charge on any atom is 0.0970 e. The van der Waals surface area contributed by atoms with Crippen molar-refractivity contribution in [3.63, 3.8) is 0 Å². The van der Waals surface area contributed by atoms with Crippen molar-refractivity contribution in [3.8, 4) is 0 Å². The van der Waals surface area contributed by atoms with Gasteiger partial charge in [0.15, 0.2) is 0 Å². The molecular weight excluding hydrogens is 160 g/mol. The highest BCUT2D eigenvalue weighted by Crippen LogP contribution is 1.96. The first-order valence-electron chi connectivity index (χ1n) is 4.80. The monoisotopic (exact) mass is 180 g/mol. The summed E-state index contributed by atoms with van der Waals surface area (Å²) in [5, 5.41) is 3.09. The summed E-state index contributed by atoms with van der Waals surface area (Å²) in [6, 6.07) is 0. The molecule has 0 unspecified atom stereocenters. The molecule has 74 valence electrons. The second kappa shape index (κ2) is 7.59. The van der Waals surface area contributed by atoms with Crippen molar-refractivity contribution in [1.82, 2.24) is 5.32 Å². The van der Waals surface area contributed by atoms with Crippen molar-refractivity contribution in [1.29, 1.82) is 0 Å². The van der Waals surface area contributed by atoms with Gasteiger partial charge >= 0.3 is 0 Å². The van der Waals surface area contributed by atoms with Gasteiger partial charge in [-0.3, -0.25) is 4.99 Å². The molecule has 0 atom stereocenters. The Balaban J connectivity index is 3.82. The molecule has 0 bridgehead atoms. The predicted octanol–water partition coefficient (Wildman–Crippen LogP) is 2.88. The molecule has 0 heterocycles. The molecule has 0 aliphatic rings. The van der Waals surface area contributed by atoms with Gasteiger partial charge in [0, 0.05) is 12.7 Å². The molecule has 2 heteroatoms. The first-order valence-corrected chi connectivity index (χ1v) is 4.80. The largest absolute Gasteiger partial charge is 0.351 e. The zero-order chi connectivity index (χ0) is 10.1. The van der Waals surface area contributed by atoms with Gasteiger partial charge in [0.25, 0.3) is 0 Å². The minimum atomic E-state index is 0.830. The second-order valence-electron chi connectivity index (χ2n) is 2.93. The van der Waals surface area contributed by atoms with E-state index in [-0.39, 0.29) is 0 Å². The van der Waals surface area contributed by atoms with E-state index >= 15 is 0 Å². The average molecular weight is 180 g/mol. The van der Waals surface area contributed by atoms with Crippen LogP contribution in [0.1, 0.15) is 34.1 Å². The highest BCUT2D eigenvalue weighted by atomic mass is 15.0. The van der Waals surface area contributed by atoms with E-state index in [9.17, 15) is 0 Å². The van der Waals surface area contributed by atoms with Crippen LogP contribution < -0.4 is 5.32 Å². The molecule has 2 nitrogen and oxygen atoms in total. The standard InChI is InChI=1S/C11H20N2/c1-5-10(3)8-7-9-13-11(4)12-6-2/h7-9H,5-6H2,1-4H3,(H,12,13)/b9-7-,10-8?. The van der Waals surface area contributed by atoms with E-state index in [4.69, 9.17) is 0 Å². The number of amidine groups is 1. The molecule has 0 radical (unpaired) electrons. The maximum absolute atomic E-state index is 4.20. The zero-order valence-electron chi connectivity index (χ0n) is 9.09. The van der Waals surface area contributed by atoms with Crippen LogP contribution in [0.5, 0.6) is 0 Å². The lowest BCUT2D eigenvalue weighted by atomic mass is 10.2. The Hall–Kier alpha value is -1.05. The lowest BCUT2D eigenvalue weighted by Crippen LogP contribution is -2.12. The van der Waals surface area contributed by atoms with Gasteiger partial charge in [-0.15, -0.1) is 0 Å². The summed E-state index contributed by atoms with van der Waals surface area (Å²) in [5.41, 5.74) is 1.38. The van der Waals surface area contributed by atoms with Gasteiger partial charge in [-0.1, -0.05) is 18.6 Å². The summed E-state index contributed by atoms with van der Waals surface area (Å²) in [5.74, 6) is 0.960. The van der Waals surface area contributed by atoms with Gasteiger partial charge in [-0.2, -0.15) is 0 Å². The van der Waals surface area contributed by atoms with E-state index < -0.39 is 0 Å². The highest BCUT2D eigenvalue weighted by molar-refractivity contribution is 5.80. The van der Waals surface area contributed by atoms with Crippen molar-refractivity contribution >= 4 is 5.84 Å². The lowest BCUT2D eigenvalue weighted by molar-refractivity contribution is 1.08. The summed E-state index contributed by atoms with van der Waals surface area (Å²) in [6.45, 7) is 9.09. The van der Waals surface area contributed by atoms with Crippen molar-refractivity contribution in [2.24, 2.45) is 4.99 Å². The van der Waals surface area contributed by atoms with Crippen molar-refractivity contribution < 1.29 is 0 Å². The molecule has 0 saturated heterocycles. The van der Waals surface area contributed by atoms with Crippen molar-refractivity contribution in [3.05, 3.63) is 23.9 Å². The number of rotatable bonds is 4. The molecule has 0 rings (SSSR count). The average Bonchev–Trinajstić information content (AvgIpc) is 2.12. The minimum absolute atomic E-state index is 0.830. The molecule has 13 heavy (non-hydrogen) atoms. The van der Waals surface area contributed by atoms with Gasteiger partial charge in [0.1, 0.15) is 0 Å². The topological polar surface area (TPSA) is 24.4 Å². The SMILES string of the molecule is CCN=C(C)N/C=C\C=C(C)CC. The van der Waals surface area contributed by atoms with Crippen molar-refractivity contribution in [2.45, 2.75) is 34.1 Å². The van der Waals surface area contributed by atoms with E-state index in [1.54, 1.807) is 0 Å². The summed E-state index contributed by atoms with van der Waals surface area (Å²) < 4.78 is 0. The number of nitrogens with one attached hydrogen (secondary N) is 1. The molecule has 1 N–H and O–H groups in total. The number of hydrogen-bond donors (Lipinski definition) is 1. The third-order valence-corrected chi connectivity index (χ3v) is 1.72. The molecular formula is C11H20N2. The fourth-order valence-corrected chi connectivity index (χ4v) is 0.782. The number of hydrogen-bond acceptors (Lipinski definition) is 1. The second-order valence-corrected chi connectivity index (χ2v) is 2.93. The molecule has 0 aromatic heterocycles. The summed E-state index contributed by atoms with van der Waals surface area (Å²) in [6.07, 6.45) is 7.12. The van der Waals surface area contributed by atoms with Crippen LogP contribution in [0, 0.1) is 0 Å². The predicted molar refractivity (Wildman–Crippen MR) is 60.0 cm³/mol. The van der Waals surface area contributed by atoms with E-state index in [1.165, 1.54) is 5.57 Å². The van der Waals surface area contributed by atoms with Gasteiger partial charge in [-0.05, 0) is 33.3 Å². The number of allylic oxidation sites excluding steroid dienone is 3. The molecule has 0 amide bonds. The molecule has 0 saturated carbocycles. The van der Waals surface area contributed by atoms with Gasteiger partial charge < -0.3 is 5.32 Å². The van der Waals surface area contributed by atoms with Crippen LogP contribution in [0.15, 0.2) is 28.9 Å². The van der Waals surface area contributed by atoms with Crippen LogP contribution in [-0.4, -0.2) is 12.4 Å². The maximum atomic E-state index is 4.20. The minimum Gasteiger partial charge on any atom is -0.351 e. The van der Waals surface area contributed by atoms with Gasteiger partial charge in [0.2, 0.25) is 0 Å². The van der Waals surface area contributed by atoms with Crippen LogP contribution in [0.25, 0.3) is 0 Å². The third kappa shape index (κ3) is 7.32. The summed E-state index contributed by atoms with van der Waals surface area (Å²) >= 11 is 0.